The van der Waals surface area contributed by atoms with Crippen LogP contribution in [0.1, 0.15) is 47.8 Å². The van der Waals surface area contributed by atoms with Crippen LogP contribution in [0.3, 0.4) is 0 Å². The van der Waals surface area contributed by atoms with Crippen LogP contribution in [0.15, 0.2) is 59.0 Å². The number of Topliss-reactive ketones (excluding diaryl/α,β-unsaturated/α-hetero) is 1. The number of likely N-dealkylation sites (tertiary alicyclic amines) is 1. The van der Waals surface area contributed by atoms with Gasteiger partial charge in [0.15, 0.2) is 5.78 Å². The lowest BCUT2D eigenvalue weighted by Gasteiger charge is -2.30. The molecule has 2 aromatic carbocycles. The molecule has 1 aliphatic rings. The molecule has 0 saturated carbocycles. The van der Waals surface area contributed by atoms with Gasteiger partial charge in [-0.2, -0.15) is 0 Å². The molecule has 154 valence electrons. The Morgan fingerprint density at radius 2 is 1.67 bits per heavy atom. The Morgan fingerprint density at radius 1 is 0.967 bits per heavy atom. The number of carbonyl (C=O) groups excluding carboxylic acids is 2. The monoisotopic (exact) mass is 407 g/mol. The molecule has 4 rings (SSSR count). The van der Waals surface area contributed by atoms with Gasteiger partial charge in [0.05, 0.1) is 0 Å². The molecule has 1 saturated heterocycles. The zero-order chi connectivity index (χ0) is 20.9. The van der Waals surface area contributed by atoms with Crippen molar-refractivity contribution in [2.24, 2.45) is 0 Å². The first-order valence-corrected chi connectivity index (χ1v) is 10.1. The van der Waals surface area contributed by atoms with Crippen molar-refractivity contribution in [3.8, 4) is 11.5 Å². The lowest BCUT2D eigenvalue weighted by atomic mass is 9.96. The molecule has 1 aliphatic heterocycles. The van der Waals surface area contributed by atoms with Crippen LogP contribution >= 0.6 is 0 Å². The van der Waals surface area contributed by atoms with Gasteiger partial charge in [-0.25, -0.2) is 4.39 Å². The molecule has 0 N–H and O–H groups in total. The van der Waals surface area contributed by atoms with Crippen molar-refractivity contribution < 1.29 is 18.4 Å². The number of halogens is 1. The number of hydrogen-bond donors (Lipinski definition) is 0. The van der Waals surface area contributed by atoms with Crippen molar-refractivity contribution in [3.63, 3.8) is 0 Å². The molecule has 30 heavy (non-hydrogen) atoms. The summed E-state index contributed by atoms with van der Waals surface area (Å²) in [6.07, 6.45) is 1.88. The number of aromatic nitrogens is 2. The molecule has 6 nitrogen and oxygen atoms in total. The van der Waals surface area contributed by atoms with Gasteiger partial charge >= 0.3 is 0 Å². The Kier molecular flexibility index (Phi) is 5.97. The molecule has 3 aromatic rings. The van der Waals surface area contributed by atoms with Crippen LogP contribution in [-0.2, 0) is 4.79 Å². The molecule has 1 fully saturated rings. The molecule has 0 unspecified atom stereocenters. The summed E-state index contributed by atoms with van der Waals surface area (Å²) < 4.78 is 18.8. The minimum absolute atomic E-state index is 0.00439. The summed E-state index contributed by atoms with van der Waals surface area (Å²) in [5.41, 5.74) is 1.31. The number of ketones is 1. The normalized spacial score (nSPS) is 14.6. The van der Waals surface area contributed by atoms with Crippen LogP contribution in [0.25, 0.3) is 11.5 Å². The number of benzene rings is 2. The number of carbonyl (C=O) groups is 2. The average molecular weight is 407 g/mol. The number of hydrogen-bond acceptors (Lipinski definition) is 5. The molecule has 7 heteroatoms. The van der Waals surface area contributed by atoms with Crippen LogP contribution in [0.5, 0.6) is 0 Å². The topological polar surface area (TPSA) is 76.3 Å². The van der Waals surface area contributed by atoms with E-state index >= 15 is 0 Å². The van der Waals surface area contributed by atoms with Crippen molar-refractivity contribution in [1.29, 1.82) is 0 Å². The summed E-state index contributed by atoms with van der Waals surface area (Å²) in [5.74, 6) is 0.652. The van der Waals surface area contributed by atoms with E-state index in [1.54, 1.807) is 29.2 Å². The third kappa shape index (κ3) is 4.62. The maximum absolute atomic E-state index is 13.1. The van der Waals surface area contributed by atoms with Gasteiger partial charge in [0.1, 0.15) is 5.82 Å². The third-order valence-electron chi connectivity index (χ3n) is 5.39. The molecule has 0 atom stereocenters. The summed E-state index contributed by atoms with van der Waals surface area (Å²) in [6.45, 7) is 1.19. The van der Waals surface area contributed by atoms with Crippen LogP contribution in [0.2, 0.25) is 0 Å². The number of amides is 1. The molecule has 1 aromatic heterocycles. The maximum atomic E-state index is 13.1. The van der Waals surface area contributed by atoms with Gasteiger partial charge in [-0.15, -0.1) is 10.2 Å². The second kappa shape index (κ2) is 8.98. The molecule has 2 heterocycles. The highest BCUT2D eigenvalue weighted by Gasteiger charge is 2.27. The van der Waals surface area contributed by atoms with E-state index in [0.29, 0.717) is 36.0 Å². The van der Waals surface area contributed by atoms with Gasteiger partial charge in [0, 0.05) is 43.0 Å². The minimum atomic E-state index is -0.319. The lowest BCUT2D eigenvalue weighted by Crippen LogP contribution is -2.38. The molecule has 0 spiro atoms. The van der Waals surface area contributed by atoms with Crippen LogP contribution in [0.4, 0.5) is 4.39 Å². The number of nitrogens with zero attached hydrogens (tertiary/aromatic N) is 3. The fourth-order valence-corrected chi connectivity index (χ4v) is 3.63. The SMILES string of the molecule is O=C(CCC(=O)N1CCC(c2nnc(-c3ccc(F)cc3)o2)CC1)c1ccccc1. The second-order valence-corrected chi connectivity index (χ2v) is 7.40. The van der Waals surface area contributed by atoms with Gasteiger partial charge in [0.2, 0.25) is 17.7 Å². The Balaban J connectivity index is 1.28. The smallest absolute Gasteiger partial charge is 0.247 e. The van der Waals surface area contributed by atoms with Crippen molar-refractivity contribution in [2.45, 2.75) is 31.6 Å². The van der Waals surface area contributed by atoms with Gasteiger partial charge in [0.25, 0.3) is 0 Å². The van der Waals surface area contributed by atoms with Crippen molar-refractivity contribution in [1.82, 2.24) is 15.1 Å². The molecule has 0 aliphatic carbocycles. The zero-order valence-corrected chi connectivity index (χ0v) is 16.5. The summed E-state index contributed by atoms with van der Waals surface area (Å²) in [4.78, 5) is 26.5. The number of rotatable bonds is 6. The summed E-state index contributed by atoms with van der Waals surface area (Å²) in [6, 6.07) is 14.9. The number of piperidine rings is 1. The molecular formula is C23H22FN3O3. The van der Waals surface area contributed by atoms with E-state index in [9.17, 15) is 14.0 Å². The first-order valence-electron chi connectivity index (χ1n) is 10.1. The Labute approximate surface area is 173 Å². The van der Waals surface area contributed by atoms with E-state index in [1.165, 1.54) is 12.1 Å². The van der Waals surface area contributed by atoms with E-state index in [1.807, 2.05) is 18.2 Å². The maximum Gasteiger partial charge on any atom is 0.247 e. The highest BCUT2D eigenvalue weighted by molar-refractivity contribution is 5.97. The summed E-state index contributed by atoms with van der Waals surface area (Å²) in [7, 11) is 0. The van der Waals surface area contributed by atoms with E-state index in [0.717, 1.165) is 12.8 Å². The third-order valence-corrected chi connectivity index (χ3v) is 5.39. The Hall–Kier alpha value is -3.35. The highest BCUT2D eigenvalue weighted by Crippen LogP contribution is 2.29. The summed E-state index contributed by atoms with van der Waals surface area (Å²) >= 11 is 0. The van der Waals surface area contributed by atoms with E-state index in [2.05, 4.69) is 10.2 Å². The van der Waals surface area contributed by atoms with E-state index in [4.69, 9.17) is 4.42 Å². The van der Waals surface area contributed by atoms with Crippen molar-refractivity contribution >= 4 is 11.7 Å². The summed E-state index contributed by atoms with van der Waals surface area (Å²) in [5, 5.41) is 8.21. The predicted molar refractivity (Wildman–Crippen MR) is 108 cm³/mol. The van der Waals surface area contributed by atoms with Gasteiger partial charge in [-0.1, -0.05) is 30.3 Å². The van der Waals surface area contributed by atoms with Crippen LogP contribution in [-0.4, -0.2) is 39.9 Å². The van der Waals surface area contributed by atoms with E-state index in [-0.39, 0.29) is 36.3 Å². The largest absolute Gasteiger partial charge is 0.420 e. The first-order chi connectivity index (χ1) is 14.6. The van der Waals surface area contributed by atoms with Gasteiger partial charge in [-0.3, -0.25) is 9.59 Å². The predicted octanol–water partition coefficient (Wildman–Crippen LogP) is 4.24. The first kappa shape index (κ1) is 19.9. The molecular weight excluding hydrogens is 385 g/mol. The van der Waals surface area contributed by atoms with Gasteiger partial charge < -0.3 is 9.32 Å². The van der Waals surface area contributed by atoms with Crippen molar-refractivity contribution in [3.05, 3.63) is 71.9 Å². The van der Waals surface area contributed by atoms with Crippen molar-refractivity contribution in [2.75, 3.05) is 13.1 Å². The zero-order valence-electron chi connectivity index (χ0n) is 16.5. The lowest BCUT2D eigenvalue weighted by molar-refractivity contribution is -0.132. The van der Waals surface area contributed by atoms with E-state index < -0.39 is 0 Å². The Bertz CT molecular complexity index is 1010. The quantitative estimate of drug-likeness (QED) is 0.571. The van der Waals surface area contributed by atoms with Gasteiger partial charge in [-0.05, 0) is 37.1 Å². The molecule has 1 amide bonds. The van der Waals surface area contributed by atoms with Crippen LogP contribution < -0.4 is 0 Å². The molecule has 0 bridgehead atoms. The standard InChI is InChI=1S/C23H22FN3O3/c24-19-8-6-17(7-9-19)22-25-26-23(30-22)18-12-14-27(15-13-18)21(29)11-10-20(28)16-4-2-1-3-5-16/h1-9,18H,10-15H2. The fourth-order valence-electron chi connectivity index (χ4n) is 3.63. The second-order valence-electron chi connectivity index (χ2n) is 7.40. The highest BCUT2D eigenvalue weighted by atomic mass is 19.1. The molecule has 0 radical (unpaired) electrons. The average Bonchev–Trinajstić information content (AvgIpc) is 3.29. The fraction of sp³-hybridized carbons (Fsp3) is 0.304. The van der Waals surface area contributed by atoms with Crippen LogP contribution in [0, 0.1) is 5.82 Å². The minimum Gasteiger partial charge on any atom is -0.420 e. The Morgan fingerprint density at radius 3 is 2.37 bits per heavy atom.